The summed E-state index contributed by atoms with van der Waals surface area (Å²) in [4.78, 5) is 39.1. The van der Waals surface area contributed by atoms with Crippen LogP contribution >= 0.6 is 11.8 Å². The molecule has 3 rings (SSSR count). The van der Waals surface area contributed by atoms with Crippen LogP contribution in [-0.4, -0.2) is 41.3 Å². The molecule has 2 aromatic carbocycles. The van der Waals surface area contributed by atoms with Crippen LogP contribution in [0.3, 0.4) is 0 Å². The molecule has 0 aliphatic carbocycles. The Hall–Kier alpha value is -2.60. The number of amides is 2. The zero-order valence-corrected chi connectivity index (χ0v) is 15.8. The second-order valence-corrected chi connectivity index (χ2v) is 7.57. The number of rotatable bonds is 6. The predicted octanol–water partition coefficient (Wildman–Crippen LogP) is 3.00. The highest BCUT2D eigenvalue weighted by Gasteiger charge is 2.29. The number of nitrogens with two attached hydrogens (primary N) is 1. The number of Topliss-reactive ketones (excluding diaryl/α,β-unsaturated/α-hetero) is 1. The third kappa shape index (κ3) is 4.77. The predicted molar refractivity (Wildman–Crippen MR) is 106 cm³/mol. The molecule has 0 spiro atoms. The van der Waals surface area contributed by atoms with Gasteiger partial charge < -0.3 is 10.6 Å². The number of nitrogens with zero attached hydrogens (tertiary/aromatic N) is 1. The van der Waals surface area contributed by atoms with Gasteiger partial charge in [-0.25, -0.2) is 0 Å². The first-order valence-electron chi connectivity index (χ1n) is 8.95. The molecule has 1 heterocycles. The summed E-state index contributed by atoms with van der Waals surface area (Å²) in [5.74, 6) is -0.232. The lowest BCUT2D eigenvalue weighted by atomic mass is 9.88. The first kappa shape index (κ1) is 19.2. The van der Waals surface area contributed by atoms with E-state index in [9.17, 15) is 14.4 Å². The van der Waals surface area contributed by atoms with Crippen molar-refractivity contribution in [2.45, 2.75) is 17.7 Å². The Balaban J connectivity index is 1.64. The van der Waals surface area contributed by atoms with Crippen molar-refractivity contribution in [2.24, 2.45) is 11.7 Å². The first-order valence-corrected chi connectivity index (χ1v) is 9.93. The van der Waals surface area contributed by atoms with Gasteiger partial charge in [0.25, 0.3) is 5.91 Å². The van der Waals surface area contributed by atoms with Gasteiger partial charge >= 0.3 is 0 Å². The third-order valence-corrected chi connectivity index (χ3v) is 5.79. The van der Waals surface area contributed by atoms with Crippen LogP contribution in [0.15, 0.2) is 59.5 Å². The summed E-state index contributed by atoms with van der Waals surface area (Å²) in [5.41, 5.74) is 6.53. The van der Waals surface area contributed by atoms with Crippen LogP contribution in [0, 0.1) is 5.92 Å². The van der Waals surface area contributed by atoms with Crippen LogP contribution in [0.5, 0.6) is 0 Å². The molecule has 1 saturated heterocycles. The second-order valence-electron chi connectivity index (χ2n) is 6.55. The first-order chi connectivity index (χ1) is 13.1. The molecule has 2 N–H and O–H groups in total. The van der Waals surface area contributed by atoms with Crippen molar-refractivity contribution in [2.75, 3.05) is 18.8 Å². The molecule has 2 aromatic rings. The minimum atomic E-state index is -0.414. The summed E-state index contributed by atoms with van der Waals surface area (Å²) >= 11 is 1.27. The van der Waals surface area contributed by atoms with E-state index in [0.717, 1.165) is 10.5 Å². The Morgan fingerprint density at radius 2 is 1.59 bits per heavy atom. The molecular weight excluding hydrogens is 360 g/mol. The highest BCUT2D eigenvalue weighted by molar-refractivity contribution is 8.00. The Morgan fingerprint density at radius 1 is 0.963 bits per heavy atom. The molecule has 1 aliphatic heterocycles. The van der Waals surface area contributed by atoms with E-state index in [1.165, 1.54) is 11.8 Å². The second kappa shape index (κ2) is 8.86. The molecule has 27 heavy (non-hydrogen) atoms. The topological polar surface area (TPSA) is 80.5 Å². The van der Waals surface area contributed by atoms with Crippen LogP contribution < -0.4 is 5.73 Å². The standard InChI is InChI=1S/C21H22N2O3S/c22-19(24)14-27-18-9-5-4-8-17(18)21(26)23-12-10-16(11-13-23)20(25)15-6-2-1-3-7-15/h1-9,16H,10-14H2,(H2,22,24). The number of ketones is 1. The number of thioether (sulfide) groups is 1. The summed E-state index contributed by atoms with van der Waals surface area (Å²) in [6, 6.07) is 16.6. The number of carbonyl (C=O) groups is 3. The average Bonchev–Trinajstić information content (AvgIpc) is 2.72. The SMILES string of the molecule is NC(=O)CSc1ccccc1C(=O)N1CCC(C(=O)c2ccccc2)CC1. The van der Waals surface area contributed by atoms with E-state index in [4.69, 9.17) is 5.73 Å². The number of hydrogen-bond acceptors (Lipinski definition) is 4. The third-order valence-electron chi connectivity index (χ3n) is 4.70. The largest absolute Gasteiger partial charge is 0.369 e. The van der Waals surface area contributed by atoms with Crippen molar-refractivity contribution < 1.29 is 14.4 Å². The highest BCUT2D eigenvalue weighted by atomic mass is 32.2. The summed E-state index contributed by atoms with van der Waals surface area (Å²) in [7, 11) is 0. The lowest BCUT2D eigenvalue weighted by Crippen LogP contribution is -2.40. The van der Waals surface area contributed by atoms with E-state index in [1.54, 1.807) is 11.0 Å². The number of primary amides is 1. The molecule has 1 fully saturated rings. The van der Waals surface area contributed by atoms with Gasteiger partial charge in [0.2, 0.25) is 5.91 Å². The van der Waals surface area contributed by atoms with E-state index >= 15 is 0 Å². The fourth-order valence-corrected chi connectivity index (χ4v) is 4.05. The minimum Gasteiger partial charge on any atom is -0.369 e. The molecule has 140 valence electrons. The van der Waals surface area contributed by atoms with Gasteiger partial charge in [-0.15, -0.1) is 11.8 Å². The van der Waals surface area contributed by atoms with Gasteiger partial charge in [0.1, 0.15) is 0 Å². The molecule has 0 unspecified atom stereocenters. The number of piperidine rings is 1. The maximum Gasteiger partial charge on any atom is 0.254 e. The minimum absolute atomic E-state index is 0.0454. The van der Waals surface area contributed by atoms with Gasteiger partial charge in [-0.1, -0.05) is 42.5 Å². The van der Waals surface area contributed by atoms with E-state index < -0.39 is 5.91 Å². The van der Waals surface area contributed by atoms with Gasteiger partial charge in [-0.05, 0) is 25.0 Å². The quantitative estimate of drug-likeness (QED) is 0.615. The van der Waals surface area contributed by atoms with E-state index in [2.05, 4.69) is 0 Å². The van der Waals surface area contributed by atoms with Crippen molar-refractivity contribution in [3.8, 4) is 0 Å². The number of benzene rings is 2. The normalized spacial score (nSPS) is 14.7. The molecule has 0 atom stereocenters. The smallest absolute Gasteiger partial charge is 0.254 e. The Bertz CT molecular complexity index is 830. The Morgan fingerprint density at radius 3 is 2.26 bits per heavy atom. The monoisotopic (exact) mass is 382 g/mol. The summed E-state index contributed by atoms with van der Waals surface area (Å²) in [6.45, 7) is 1.10. The van der Waals surface area contributed by atoms with Crippen molar-refractivity contribution in [1.82, 2.24) is 4.90 Å². The van der Waals surface area contributed by atoms with Crippen LogP contribution in [0.4, 0.5) is 0 Å². The summed E-state index contributed by atoms with van der Waals surface area (Å²) < 4.78 is 0. The molecule has 2 amide bonds. The van der Waals surface area contributed by atoms with Crippen molar-refractivity contribution in [3.63, 3.8) is 0 Å². The van der Waals surface area contributed by atoms with Gasteiger partial charge in [0.05, 0.1) is 11.3 Å². The van der Waals surface area contributed by atoms with E-state index in [1.807, 2.05) is 48.5 Å². The Labute approximate surface area is 162 Å². The van der Waals surface area contributed by atoms with E-state index in [-0.39, 0.29) is 23.4 Å². The Kier molecular flexibility index (Phi) is 6.29. The maximum atomic E-state index is 12.9. The van der Waals surface area contributed by atoms with Gasteiger partial charge in [0, 0.05) is 29.5 Å². The van der Waals surface area contributed by atoms with E-state index in [0.29, 0.717) is 31.5 Å². The van der Waals surface area contributed by atoms with Crippen molar-refractivity contribution in [3.05, 3.63) is 65.7 Å². The lowest BCUT2D eigenvalue weighted by molar-refractivity contribution is -0.115. The molecule has 0 bridgehead atoms. The molecule has 6 heteroatoms. The van der Waals surface area contributed by atoms with Crippen LogP contribution in [-0.2, 0) is 4.79 Å². The molecule has 5 nitrogen and oxygen atoms in total. The lowest BCUT2D eigenvalue weighted by Gasteiger charge is -2.31. The summed E-state index contributed by atoms with van der Waals surface area (Å²) in [5, 5.41) is 0. The number of likely N-dealkylation sites (tertiary alicyclic amines) is 1. The van der Waals surface area contributed by atoms with Gasteiger partial charge in [-0.2, -0.15) is 0 Å². The molecule has 0 radical (unpaired) electrons. The zero-order chi connectivity index (χ0) is 19.2. The molecule has 0 saturated carbocycles. The molecule has 1 aliphatic rings. The van der Waals surface area contributed by atoms with Crippen molar-refractivity contribution in [1.29, 1.82) is 0 Å². The average molecular weight is 382 g/mol. The number of hydrogen-bond donors (Lipinski definition) is 1. The highest BCUT2D eigenvalue weighted by Crippen LogP contribution is 2.27. The molecule has 0 aromatic heterocycles. The van der Waals surface area contributed by atoms with Crippen LogP contribution in [0.1, 0.15) is 33.6 Å². The van der Waals surface area contributed by atoms with Crippen molar-refractivity contribution >= 4 is 29.4 Å². The fraction of sp³-hybridized carbons (Fsp3) is 0.286. The van der Waals surface area contributed by atoms with Gasteiger partial charge in [0.15, 0.2) is 5.78 Å². The maximum absolute atomic E-state index is 12.9. The van der Waals surface area contributed by atoms with Crippen LogP contribution in [0.25, 0.3) is 0 Å². The van der Waals surface area contributed by atoms with Gasteiger partial charge in [-0.3, -0.25) is 14.4 Å². The summed E-state index contributed by atoms with van der Waals surface area (Å²) in [6.07, 6.45) is 1.33. The van der Waals surface area contributed by atoms with Crippen LogP contribution in [0.2, 0.25) is 0 Å². The zero-order valence-electron chi connectivity index (χ0n) is 15.0. The number of carbonyl (C=O) groups excluding carboxylic acids is 3. The molecular formula is C21H22N2O3S. The fourth-order valence-electron chi connectivity index (χ4n) is 3.27.